The molecule has 4 rings (SSSR count). The zero-order valence-corrected chi connectivity index (χ0v) is 20.4. The van der Waals surface area contributed by atoms with Crippen LogP contribution < -0.4 is 4.31 Å². The number of sulfonamides is 1. The third-order valence-corrected chi connectivity index (χ3v) is 8.37. The molecule has 0 saturated carbocycles. The van der Waals surface area contributed by atoms with E-state index in [4.69, 9.17) is 11.6 Å². The van der Waals surface area contributed by atoms with Crippen LogP contribution in [0.15, 0.2) is 77.7 Å². The summed E-state index contributed by atoms with van der Waals surface area (Å²) in [7, 11) is -3.75. The molecule has 1 heterocycles. The molecule has 7 nitrogen and oxygen atoms in total. The largest absolute Gasteiger partial charge is 0.299 e. The number of nitro groups is 1. The molecule has 3 aromatic rings. The van der Waals surface area contributed by atoms with Crippen molar-refractivity contribution in [3.63, 3.8) is 0 Å². The highest BCUT2D eigenvalue weighted by atomic mass is 35.5. The molecule has 1 saturated heterocycles. The first-order valence-corrected chi connectivity index (χ1v) is 12.9. The van der Waals surface area contributed by atoms with Gasteiger partial charge >= 0.3 is 0 Å². The summed E-state index contributed by atoms with van der Waals surface area (Å²) in [5, 5.41) is 11.6. The fourth-order valence-corrected chi connectivity index (χ4v) is 6.20. The summed E-state index contributed by atoms with van der Waals surface area (Å²) < 4.78 is 28.9. The number of hydrogen-bond donors (Lipinski definition) is 0. The minimum atomic E-state index is -3.75. The normalized spacial score (nSPS) is 15.2. The van der Waals surface area contributed by atoms with Gasteiger partial charge in [-0.3, -0.25) is 19.3 Å². The van der Waals surface area contributed by atoms with Gasteiger partial charge in [0.25, 0.3) is 15.7 Å². The van der Waals surface area contributed by atoms with Gasteiger partial charge in [-0.25, -0.2) is 8.42 Å². The zero-order chi connectivity index (χ0) is 24.3. The summed E-state index contributed by atoms with van der Waals surface area (Å²) in [6, 6.07) is 20.3. The molecular weight excluding hydrogens is 474 g/mol. The molecule has 0 N–H and O–H groups in total. The van der Waals surface area contributed by atoms with Crippen molar-refractivity contribution in [3.05, 3.63) is 99.1 Å². The average Bonchev–Trinajstić information content (AvgIpc) is 2.83. The summed E-state index contributed by atoms with van der Waals surface area (Å²) >= 11 is 6.28. The van der Waals surface area contributed by atoms with Gasteiger partial charge in [0.2, 0.25) is 0 Å². The third kappa shape index (κ3) is 5.24. The van der Waals surface area contributed by atoms with Crippen molar-refractivity contribution in [1.82, 2.24) is 4.90 Å². The van der Waals surface area contributed by atoms with Gasteiger partial charge in [-0.1, -0.05) is 47.5 Å². The zero-order valence-electron chi connectivity index (χ0n) is 18.8. The highest BCUT2D eigenvalue weighted by Gasteiger charge is 2.34. The Morgan fingerprint density at radius 1 is 1.03 bits per heavy atom. The number of anilines is 1. The number of nitrogens with zero attached hydrogens (tertiary/aromatic N) is 3. The fraction of sp³-hybridized carbons (Fsp3) is 0.280. The molecule has 0 atom stereocenters. The van der Waals surface area contributed by atoms with E-state index in [0.717, 1.165) is 5.56 Å². The van der Waals surface area contributed by atoms with E-state index in [1.807, 2.05) is 31.2 Å². The van der Waals surface area contributed by atoms with Crippen LogP contribution in [0.25, 0.3) is 0 Å². The van der Waals surface area contributed by atoms with Crippen LogP contribution >= 0.6 is 11.6 Å². The molecule has 9 heteroatoms. The van der Waals surface area contributed by atoms with Crippen LogP contribution in [-0.2, 0) is 16.6 Å². The van der Waals surface area contributed by atoms with Crippen molar-refractivity contribution in [2.45, 2.75) is 37.2 Å². The highest BCUT2D eigenvalue weighted by molar-refractivity contribution is 7.92. The lowest BCUT2D eigenvalue weighted by Gasteiger charge is -2.39. The molecular formula is C25H26ClN3O4S. The Bertz CT molecular complexity index is 1260. The number of piperidine rings is 1. The number of hydrogen-bond acceptors (Lipinski definition) is 5. The Kier molecular flexibility index (Phi) is 7.21. The number of nitro benzene ring substituents is 1. The summed E-state index contributed by atoms with van der Waals surface area (Å²) in [6.45, 7) is 3.74. The molecule has 3 aromatic carbocycles. The molecule has 1 aliphatic rings. The second kappa shape index (κ2) is 10.1. The van der Waals surface area contributed by atoms with Crippen LogP contribution in [0.1, 0.15) is 24.0 Å². The monoisotopic (exact) mass is 499 g/mol. The molecule has 0 amide bonds. The van der Waals surface area contributed by atoms with Gasteiger partial charge in [-0.15, -0.1) is 0 Å². The quantitative estimate of drug-likeness (QED) is 0.320. The number of halogens is 1. The van der Waals surface area contributed by atoms with Crippen LogP contribution in [0, 0.1) is 17.0 Å². The second-order valence-electron chi connectivity index (χ2n) is 8.49. The van der Waals surface area contributed by atoms with Gasteiger partial charge in [-0.05, 0) is 55.7 Å². The smallest absolute Gasteiger partial charge is 0.269 e. The highest BCUT2D eigenvalue weighted by Crippen LogP contribution is 2.32. The Morgan fingerprint density at radius 3 is 2.29 bits per heavy atom. The van der Waals surface area contributed by atoms with Gasteiger partial charge < -0.3 is 0 Å². The summed E-state index contributed by atoms with van der Waals surface area (Å²) in [5.74, 6) is 0. The Labute approximate surface area is 204 Å². The molecule has 0 aliphatic carbocycles. The van der Waals surface area contributed by atoms with E-state index in [1.54, 1.807) is 40.7 Å². The van der Waals surface area contributed by atoms with Crippen LogP contribution in [-0.4, -0.2) is 37.4 Å². The maximum absolute atomic E-state index is 13.7. The predicted octanol–water partition coefficient (Wildman–Crippen LogP) is 5.42. The van der Waals surface area contributed by atoms with Crippen molar-refractivity contribution in [2.24, 2.45) is 0 Å². The number of likely N-dealkylation sites (tertiary alicyclic amines) is 1. The number of aryl methyl sites for hydroxylation is 1. The van der Waals surface area contributed by atoms with Crippen molar-refractivity contribution in [2.75, 3.05) is 17.4 Å². The van der Waals surface area contributed by atoms with Crippen LogP contribution in [0.4, 0.5) is 11.4 Å². The first-order chi connectivity index (χ1) is 16.3. The Morgan fingerprint density at radius 2 is 1.68 bits per heavy atom. The van der Waals surface area contributed by atoms with Crippen LogP contribution in [0.2, 0.25) is 5.02 Å². The molecule has 34 heavy (non-hydrogen) atoms. The molecule has 0 unspecified atom stereocenters. The minimum absolute atomic E-state index is 0.00814. The van der Waals surface area contributed by atoms with E-state index in [0.29, 0.717) is 48.7 Å². The van der Waals surface area contributed by atoms with E-state index in [2.05, 4.69) is 4.90 Å². The minimum Gasteiger partial charge on any atom is -0.299 e. The standard InChI is InChI=1S/C25H26ClN3O4S/c1-19-7-9-21(10-8-19)28(34(32,33)24-5-3-2-4-6-24)22-13-15-27(16-14-22)18-20-17-23(29(30)31)11-12-25(20)26/h2-12,17,22H,13-16,18H2,1H3. The van der Waals surface area contributed by atoms with Gasteiger partial charge in [0.15, 0.2) is 0 Å². The lowest BCUT2D eigenvalue weighted by Crippen LogP contribution is -2.47. The molecule has 0 aromatic heterocycles. The summed E-state index contributed by atoms with van der Waals surface area (Å²) in [6.07, 6.45) is 1.26. The topological polar surface area (TPSA) is 83.8 Å². The van der Waals surface area contributed by atoms with Crippen molar-refractivity contribution < 1.29 is 13.3 Å². The number of rotatable bonds is 7. The van der Waals surface area contributed by atoms with Crippen molar-refractivity contribution >= 4 is 33.0 Å². The fourth-order valence-electron chi connectivity index (χ4n) is 4.29. The van der Waals surface area contributed by atoms with Crippen LogP contribution in [0.3, 0.4) is 0 Å². The Balaban J connectivity index is 1.55. The van der Waals surface area contributed by atoms with Crippen molar-refractivity contribution in [1.29, 1.82) is 0 Å². The van der Waals surface area contributed by atoms with E-state index >= 15 is 0 Å². The summed E-state index contributed by atoms with van der Waals surface area (Å²) in [4.78, 5) is 13.1. The molecule has 1 aliphatic heterocycles. The molecule has 178 valence electrons. The SMILES string of the molecule is Cc1ccc(N(C2CCN(Cc3cc([N+](=O)[O-])ccc3Cl)CC2)S(=O)(=O)c2ccccc2)cc1. The van der Waals surface area contributed by atoms with E-state index in [-0.39, 0.29) is 16.6 Å². The molecule has 0 radical (unpaired) electrons. The maximum Gasteiger partial charge on any atom is 0.269 e. The lowest BCUT2D eigenvalue weighted by atomic mass is 10.0. The molecule has 1 fully saturated rings. The van der Waals surface area contributed by atoms with Crippen LogP contribution in [0.5, 0.6) is 0 Å². The third-order valence-electron chi connectivity index (χ3n) is 6.11. The second-order valence-corrected chi connectivity index (χ2v) is 10.7. The first-order valence-electron chi connectivity index (χ1n) is 11.1. The first kappa shape index (κ1) is 24.2. The Hall–Kier alpha value is -2.94. The molecule has 0 bridgehead atoms. The van der Waals surface area contributed by atoms with E-state index in [9.17, 15) is 18.5 Å². The summed E-state index contributed by atoms with van der Waals surface area (Å²) in [5.41, 5.74) is 2.41. The van der Waals surface area contributed by atoms with Crippen molar-refractivity contribution in [3.8, 4) is 0 Å². The predicted molar refractivity (Wildman–Crippen MR) is 134 cm³/mol. The van der Waals surface area contributed by atoms with Gasteiger partial charge in [-0.2, -0.15) is 0 Å². The number of benzene rings is 3. The van der Waals surface area contributed by atoms with E-state index in [1.165, 1.54) is 12.1 Å². The van der Waals surface area contributed by atoms with Gasteiger partial charge in [0.05, 0.1) is 15.5 Å². The lowest BCUT2D eigenvalue weighted by molar-refractivity contribution is -0.384. The van der Waals surface area contributed by atoms with E-state index < -0.39 is 14.9 Å². The average molecular weight is 500 g/mol. The van der Waals surface area contributed by atoms with Gasteiger partial charge in [0.1, 0.15) is 0 Å². The van der Waals surface area contributed by atoms with Gasteiger partial charge in [0, 0.05) is 42.8 Å². The molecule has 0 spiro atoms. The number of non-ortho nitro benzene ring substituents is 1. The maximum atomic E-state index is 13.7.